The fourth-order valence-corrected chi connectivity index (χ4v) is 1.70. The first-order valence-electron chi connectivity index (χ1n) is 4.22. The Hall–Kier alpha value is -0.870. The number of nitrogens with one attached hydrogen (secondary N) is 2. The SMILES string of the molecule is CNCc1c2c(nn1C)CNC2. The van der Waals surface area contributed by atoms with Crippen molar-refractivity contribution in [3.63, 3.8) is 0 Å². The zero-order chi connectivity index (χ0) is 8.55. The van der Waals surface area contributed by atoms with Gasteiger partial charge in [0.2, 0.25) is 0 Å². The average molecular weight is 166 g/mol. The Labute approximate surface area is 72.0 Å². The third kappa shape index (κ3) is 1.04. The van der Waals surface area contributed by atoms with Gasteiger partial charge in [-0.3, -0.25) is 4.68 Å². The van der Waals surface area contributed by atoms with Crippen LogP contribution in [0.4, 0.5) is 0 Å². The standard InChI is InChI=1S/C8H14N4/c1-9-5-8-6-3-10-4-7(6)11-12(8)2/h9-10H,3-5H2,1-2H3. The van der Waals surface area contributed by atoms with Crippen LogP contribution in [0.1, 0.15) is 17.0 Å². The molecule has 0 aromatic carbocycles. The summed E-state index contributed by atoms with van der Waals surface area (Å²) >= 11 is 0. The molecule has 4 heteroatoms. The summed E-state index contributed by atoms with van der Waals surface area (Å²) in [6, 6.07) is 0. The summed E-state index contributed by atoms with van der Waals surface area (Å²) in [6.45, 7) is 2.80. The first-order chi connectivity index (χ1) is 5.83. The van der Waals surface area contributed by atoms with Crippen LogP contribution in [0.5, 0.6) is 0 Å². The van der Waals surface area contributed by atoms with Crippen molar-refractivity contribution in [3.8, 4) is 0 Å². The van der Waals surface area contributed by atoms with Crippen molar-refractivity contribution in [2.24, 2.45) is 7.05 Å². The van der Waals surface area contributed by atoms with Gasteiger partial charge in [0.15, 0.2) is 0 Å². The fraction of sp³-hybridized carbons (Fsp3) is 0.625. The highest BCUT2D eigenvalue weighted by molar-refractivity contribution is 5.29. The van der Waals surface area contributed by atoms with E-state index in [0.29, 0.717) is 0 Å². The van der Waals surface area contributed by atoms with Gasteiger partial charge in [0.25, 0.3) is 0 Å². The van der Waals surface area contributed by atoms with E-state index in [0.717, 1.165) is 19.6 Å². The molecule has 4 nitrogen and oxygen atoms in total. The summed E-state index contributed by atoms with van der Waals surface area (Å²) in [7, 11) is 3.97. The molecular weight excluding hydrogens is 152 g/mol. The van der Waals surface area contributed by atoms with Crippen LogP contribution in [0.15, 0.2) is 0 Å². The quantitative estimate of drug-likeness (QED) is 0.636. The van der Waals surface area contributed by atoms with Crippen LogP contribution in [-0.2, 0) is 26.7 Å². The zero-order valence-electron chi connectivity index (χ0n) is 7.52. The summed E-state index contributed by atoms with van der Waals surface area (Å²) in [5.74, 6) is 0. The molecule has 2 N–H and O–H groups in total. The summed E-state index contributed by atoms with van der Waals surface area (Å²) in [6.07, 6.45) is 0. The minimum Gasteiger partial charge on any atom is -0.314 e. The Morgan fingerprint density at radius 2 is 2.42 bits per heavy atom. The Kier molecular flexibility index (Phi) is 1.86. The Bertz CT molecular complexity index is 289. The molecule has 2 rings (SSSR count). The minimum atomic E-state index is 0.903. The lowest BCUT2D eigenvalue weighted by Gasteiger charge is -2.02. The molecule has 12 heavy (non-hydrogen) atoms. The molecule has 2 heterocycles. The van der Waals surface area contributed by atoms with Crippen LogP contribution in [0, 0.1) is 0 Å². The van der Waals surface area contributed by atoms with Crippen LogP contribution in [0.2, 0.25) is 0 Å². The van der Waals surface area contributed by atoms with Crippen molar-refractivity contribution >= 4 is 0 Å². The Balaban J connectivity index is 2.38. The lowest BCUT2D eigenvalue weighted by atomic mass is 10.2. The van der Waals surface area contributed by atoms with E-state index in [1.807, 2.05) is 18.8 Å². The highest BCUT2D eigenvalue weighted by atomic mass is 15.3. The van der Waals surface area contributed by atoms with Gasteiger partial charge in [0.05, 0.1) is 11.4 Å². The van der Waals surface area contributed by atoms with Gasteiger partial charge in [0.1, 0.15) is 0 Å². The van der Waals surface area contributed by atoms with E-state index >= 15 is 0 Å². The van der Waals surface area contributed by atoms with Gasteiger partial charge in [0, 0.05) is 32.2 Å². The largest absolute Gasteiger partial charge is 0.314 e. The minimum absolute atomic E-state index is 0.903. The van der Waals surface area contributed by atoms with E-state index in [4.69, 9.17) is 0 Å². The smallest absolute Gasteiger partial charge is 0.0810 e. The third-order valence-electron chi connectivity index (χ3n) is 2.30. The van der Waals surface area contributed by atoms with Gasteiger partial charge < -0.3 is 10.6 Å². The van der Waals surface area contributed by atoms with Gasteiger partial charge >= 0.3 is 0 Å². The molecule has 0 bridgehead atoms. The molecule has 0 radical (unpaired) electrons. The molecule has 1 aromatic heterocycles. The highest BCUT2D eigenvalue weighted by Gasteiger charge is 2.19. The van der Waals surface area contributed by atoms with E-state index in [1.165, 1.54) is 17.0 Å². The van der Waals surface area contributed by atoms with Gasteiger partial charge in [-0.25, -0.2) is 0 Å². The zero-order valence-corrected chi connectivity index (χ0v) is 7.52. The van der Waals surface area contributed by atoms with Crippen LogP contribution < -0.4 is 10.6 Å². The van der Waals surface area contributed by atoms with Gasteiger partial charge in [-0.05, 0) is 7.05 Å². The summed E-state index contributed by atoms with van der Waals surface area (Å²) in [5, 5.41) is 10.9. The fourth-order valence-electron chi connectivity index (χ4n) is 1.70. The molecular formula is C8H14N4. The van der Waals surface area contributed by atoms with Crippen molar-refractivity contribution in [1.82, 2.24) is 20.4 Å². The van der Waals surface area contributed by atoms with Crippen LogP contribution in [-0.4, -0.2) is 16.8 Å². The summed E-state index contributed by atoms with van der Waals surface area (Å²) < 4.78 is 1.97. The maximum atomic E-state index is 4.42. The van der Waals surface area contributed by atoms with Crippen molar-refractivity contribution in [3.05, 3.63) is 17.0 Å². The number of nitrogens with zero attached hydrogens (tertiary/aromatic N) is 2. The topological polar surface area (TPSA) is 41.9 Å². The molecule has 1 aromatic rings. The second kappa shape index (κ2) is 2.88. The van der Waals surface area contributed by atoms with Gasteiger partial charge in [-0.15, -0.1) is 0 Å². The summed E-state index contributed by atoms with van der Waals surface area (Å²) in [4.78, 5) is 0. The van der Waals surface area contributed by atoms with E-state index in [-0.39, 0.29) is 0 Å². The molecule has 0 amide bonds. The molecule has 0 unspecified atom stereocenters. The molecule has 0 saturated carbocycles. The lowest BCUT2D eigenvalue weighted by molar-refractivity contribution is 0.633. The Morgan fingerprint density at radius 1 is 1.58 bits per heavy atom. The predicted molar refractivity (Wildman–Crippen MR) is 46.5 cm³/mol. The molecule has 1 aliphatic heterocycles. The predicted octanol–water partition coefficient (Wildman–Crippen LogP) is -0.257. The van der Waals surface area contributed by atoms with E-state index in [2.05, 4.69) is 15.7 Å². The highest BCUT2D eigenvalue weighted by Crippen LogP contribution is 2.17. The second-order valence-electron chi connectivity index (χ2n) is 3.13. The maximum absolute atomic E-state index is 4.42. The van der Waals surface area contributed by atoms with Crippen molar-refractivity contribution < 1.29 is 0 Å². The van der Waals surface area contributed by atoms with Crippen LogP contribution in [0.25, 0.3) is 0 Å². The first-order valence-corrected chi connectivity index (χ1v) is 4.22. The van der Waals surface area contributed by atoms with E-state index in [9.17, 15) is 0 Å². The molecule has 0 spiro atoms. The maximum Gasteiger partial charge on any atom is 0.0810 e. The Morgan fingerprint density at radius 3 is 3.17 bits per heavy atom. The number of aromatic nitrogens is 2. The van der Waals surface area contributed by atoms with Gasteiger partial charge in [-0.2, -0.15) is 5.10 Å². The first kappa shape index (κ1) is 7.76. The van der Waals surface area contributed by atoms with Crippen LogP contribution >= 0.6 is 0 Å². The van der Waals surface area contributed by atoms with E-state index < -0.39 is 0 Å². The number of hydrogen-bond acceptors (Lipinski definition) is 3. The van der Waals surface area contributed by atoms with Crippen molar-refractivity contribution in [2.45, 2.75) is 19.6 Å². The normalized spacial score (nSPS) is 15.2. The number of fused-ring (bicyclic) bond motifs is 1. The average Bonchev–Trinajstić information content (AvgIpc) is 2.56. The van der Waals surface area contributed by atoms with Crippen molar-refractivity contribution in [1.29, 1.82) is 0 Å². The molecule has 1 aliphatic rings. The lowest BCUT2D eigenvalue weighted by Crippen LogP contribution is -2.13. The van der Waals surface area contributed by atoms with Crippen LogP contribution in [0.3, 0.4) is 0 Å². The van der Waals surface area contributed by atoms with Crippen molar-refractivity contribution in [2.75, 3.05) is 7.05 Å². The molecule has 66 valence electrons. The van der Waals surface area contributed by atoms with E-state index in [1.54, 1.807) is 0 Å². The second-order valence-corrected chi connectivity index (χ2v) is 3.13. The molecule has 0 aliphatic carbocycles. The number of aryl methyl sites for hydroxylation is 1. The summed E-state index contributed by atoms with van der Waals surface area (Å²) in [5.41, 5.74) is 3.90. The third-order valence-corrected chi connectivity index (χ3v) is 2.30. The molecule has 0 fully saturated rings. The number of rotatable bonds is 2. The van der Waals surface area contributed by atoms with Gasteiger partial charge in [-0.1, -0.05) is 0 Å². The molecule has 0 saturated heterocycles. The molecule has 0 atom stereocenters. The monoisotopic (exact) mass is 166 g/mol. The number of hydrogen-bond donors (Lipinski definition) is 2.